The van der Waals surface area contributed by atoms with Gasteiger partial charge in [-0.05, 0) is 46.5 Å². The van der Waals surface area contributed by atoms with Gasteiger partial charge in [0, 0.05) is 12.6 Å². The number of hydrogen-bond donors (Lipinski definition) is 2. The molecule has 2 amide bonds. The molecule has 0 fully saturated rings. The van der Waals surface area contributed by atoms with E-state index in [1.54, 1.807) is 22.9 Å². The second-order valence-electron chi connectivity index (χ2n) is 7.55. The smallest absolute Gasteiger partial charge is 0.230 e. The molecule has 9 heteroatoms. The maximum absolute atomic E-state index is 12.7. The molecule has 31 heavy (non-hydrogen) atoms. The van der Waals surface area contributed by atoms with Gasteiger partial charge in [0.2, 0.25) is 17.0 Å². The van der Waals surface area contributed by atoms with E-state index in [1.165, 1.54) is 18.7 Å². The van der Waals surface area contributed by atoms with Crippen LogP contribution in [0.4, 0.5) is 5.69 Å². The first-order valence-corrected chi connectivity index (χ1v) is 11.0. The molecule has 0 aliphatic carbocycles. The van der Waals surface area contributed by atoms with E-state index in [1.807, 2.05) is 36.4 Å². The van der Waals surface area contributed by atoms with Crippen molar-refractivity contribution in [2.45, 2.75) is 38.4 Å². The van der Waals surface area contributed by atoms with Gasteiger partial charge in [-0.3, -0.25) is 9.59 Å². The lowest BCUT2D eigenvalue weighted by molar-refractivity contribution is -0.119. The van der Waals surface area contributed by atoms with Crippen molar-refractivity contribution < 1.29 is 9.59 Å². The van der Waals surface area contributed by atoms with E-state index in [0.29, 0.717) is 22.4 Å². The summed E-state index contributed by atoms with van der Waals surface area (Å²) in [6, 6.07) is 17.1. The average Bonchev–Trinajstić information content (AvgIpc) is 3.20. The van der Waals surface area contributed by atoms with Gasteiger partial charge in [0.15, 0.2) is 0 Å². The van der Waals surface area contributed by atoms with Crippen molar-refractivity contribution >= 4 is 29.3 Å². The normalized spacial score (nSPS) is 11.9. The molecule has 3 aromatic rings. The molecular weight excluding hydrogens is 412 g/mol. The summed E-state index contributed by atoms with van der Waals surface area (Å²) in [5, 5.41) is 18.2. The zero-order valence-corrected chi connectivity index (χ0v) is 18.6. The molecule has 1 unspecified atom stereocenters. The minimum absolute atomic E-state index is 0.0420. The number of nitrogens with zero attached hydrogens (tertiary/aromatic N) is 4. The van der Waals surface area contributed by atoms with Crippen molar-refractivity contribution in [1.82, 2.24) is 25.5 Å². The SMILES string of the molecule is CC(=O)Nc1cccc(-n2nnnc2SCC(=O)NC(CC(C)C)c2ccccc2)c1. The van der Waals surface area contributed by atoms with E-state index in [0.717, 1.165) is 12.0 Å². The monoisotopic (exact) mass is 438 g/mol. The van der Waals surface area contributed by atoms with Crippen molar-refractivity contribution in [3.05, 3.63) is 60.2 Å². The van der Waals surface area contributed by atoms with Crippen molar-refractivity contribution in [2.24, 2.45) is 5.92 Å². The summed E-state index contributed by atoms with van der Waals surface area (Å²) in [4.78, 5) is 24.0. The third kappa shape index (κ3) is 6.65. The Morgan fingerprint density at radius 1 is 1.10 bits per heavy atom. The summed E-state index contributed by atoms with van der Waals surface area (Å²) in [6.07, 6.45) is 0.855. The Kier molecular flexibility index (Phi) is 7.77. The summed E-state index contributed by atoms with van der Waals surface area (Å²) in [5.74, 6) is 0.393. The number of aromatic nitrogens is 4. The zero-order valence-electron chi connectivity index (χ0n) is 17.8. The Labute approximate surface area is 185 Å². The molecule has 0 spiro atoms. The second-order valence-corrected chi connectivity index (χ2v) is 8.50. The molecule has 1 atom stereocenters. The van der Waals surface area contributed by atoms with Crippen LogP contribution in [0.3, 0.4) is 0 Å². The number of benzene rings is 2. The van der Waals surface area contributed by atoms with Gasteiger partial charge in [-0.15, -0.1) is 5.10 Å². The van der Waals surface area contributed by atoms with E-state index < -0.39 is 0 Å². The van der Waals surface area contributed by atoms with Crippen LogP contribution in [0.2, 0.25) is 0 Å². The van der Waals surface area contributed by atoms with Gasteiger partial charge >= 0.3 is 0 Å². The zero-order chi connectivity index (χ0) is 22.2. The highest BCUT2D eigenvalue weighted by Crippen LogP contribution is 2.23. The number of carbonyl (C=O) groups excluding carboxylic acids is 2. The minimum Gasteiger partial charge on any atom is -0.349 e. The first-order chi connectivity index (χ1) is 14.9. The molecular formula is C22H26N6O2S. The number of rotatable bonds is 9. The maximum atomic E-state index is 12.7. The maximum Gasteiger partial charge on any atom is 0.230 e. The average molecular weight is 439 g/mol. The second kappa shape index (κ2) is 10.7. The van der Waals surface area contributed by atoms with E-state index in [4.69, 9.17) is 0 Å². The fraction of sp³-hybridized carbons (Fsp3) is 0.318. The van der Waals surface area contributed by atoms with Gasteiger partial charge < -0.3 is 10.6 Å². The molecule has 1 heterocycles. The highest BCUT2D eigenvalue weighted by molar-refractivity contribution is 7.99. The number of thioether (sulfide) groups is 1. The van der Waals surface area contributed by atoms with E-state index in [9.17, 15) is 9.59 Å². The number of nitrogens with one attached hydrogen (secondary N) is 2. The molecule has 2 N–H and O–H groups in total. The third-order valence-electron chi connectivity index (χ3n) is 4.43. The Bertz CT molecular complexity index is 1020. The molecule has 0 saturated carbocycles. The molecule has 162 valence electrons. The fourth-order valence-electron chi connectivity index (χ4n) is 3.15. The van der Waals surface area contributed by atoms with Crippen molar-refractivity contribution in [2.75, 3.05) is 11.1 Å². The lowest BCUT2D eigenvalue weighted by Gasteiger charge is -2.21. The van der Waals surface area contributed by atoms with Crippen molar-refractivity contribution in [3.63, 3.8) is 0 Å². The Morgan fingerprint density at radius 3 is 2.58 bits per heavy atom. The van der Waals surface area contributed by atoms with Crippen LogP contribution in [-0.4, -0.2) is 37.8 Å². The third-order valence-corrected chi connectivity index (χ3v) is 5.35. The van der Waals surface area contributed by atoms with Gasteiger partial charge in [0.1, 0.15) is 0 Å². The summed E-state index contributed by atoms with van der Waals surface area (Å²) in [5.41, 5.74) is 2.43. The predicted octanol–water partition coefficient (Wildman–Crippen LogP) is 3.62. The number of anilines is 1. The highest BCUT2D eigenvalue weighted by atomic mass is 32.2. The number of tetrazole rings is 1. The lowest BCUT2D eigenvalue weighted by Crippen LogP contribution is -2.31. The van der Waals surface area contributed by atoms with Crippen LogP contribution >= 0.6 is 11.8 Å². The first-order valence-electron chi connectivity index (χ1n) is 10.1. The van der Waals surface area contributed by atoms with Crippen LogP contribution in [0.15, 0.2) is 59.8 Å². The molecule has 0 bridgehead atoms. The minimum atomic E-state index is -0.158. The molecule has 3 rings (SSSR count). The topological polar surface area (TPSA) is 102 Å². The van der Waals surface area contributed by atoms with Crippen LogP contribution in [0.25, 0.3) is 5.69 Å². The van der Waals surface area contributed by atoms with Gasteiger partial charge in [0.25, 0.3) is 0 Å². The molecule has 2 aromatic carbocycles. The molecule has 0 saturated heterocycles. The number of amides is 2. The summed E-state index contributed by atoms with van der Waals surface area (Å²) < 4.78 is 1.55. The highest BCUT2D eigenvalue weighted by Gasteiger charge is 2.18. The van der Waals surface area contributed by atoms with Crippen molar-refractivity contribution in [1.29, 1.82) is 0 Å². The standard InChI is InChI=1S/C22H26N6O2S/c1-15(2)12-20(17-8-5-4-6-9-17)24-21(30)14-31-22-25-26-27-28(22)19-11-7-10-18(13-19)23-16(3)29/h4-11,13,15,20H,12,14H2,1-3H3,(H,23,29)(H,24,30). The van der Waals surface area contributed by atoms with E-state index >= 15 is 0 Å². The Morgan fingerprint density at radius 2 is 1.87 bits per heavy atom. The molecule has 0 aliphatic heterocycles. The summed E-state index contributed by atoms with van der Waals surface area (Å²) >= 11 is 1.26. The van der Waals surface area contributed by atoms with Crippen LogP contribution in [0.5, 0.6) is 0 Å². The molecule has 8 nitrogen and oxygen atoms in total. The first kappa shape index (κ1) is 22.5. The lowest BCUT2D eigenvalue weighted by atomic mass is 9.97. The van der Waals surface area contributed by atoms with Crippen LogP contribution < -0.4 is 10.6 Å². The van der Waals surface area contributed by atoms with Crippen molar-refractivity contribution in [3.8, 4) is 5.69 Å². The van der Waals surface area contributed by atoms with E-state index in [2.05, 4.69) is 40.0 Å². The van der Waals surface area contributed by atoms with E-state index in [-0.39, 0.29) is 23.6 Å². The van der Waals surface area contributed by atoms with Crippen LogP contribution in [-0.2, 0) is 9.59 Å². The Hall–Kier alpha value is -3.20. The van der Waals surface area contributed by atoms with Gasteiger partial charge in [-0.1, -0.05) is 62.0 Å². The largest absolute Gasteiger partial charge is 0.349 e. The van der Waals surface area contributed by atoms with Gasteiger partial charge in [0.05, 0.1) is 17.5 Å². The molecule has 0 radical (unpaired) electrons. The van der Waals surface area contributed by atoms with Crippen LogP contribution in [0.1, 0.15) is 38.8 Å². The van der Waals surface area contributed by atoms with Gasteiger partial charge in [-0.25, -0.2) is 0 Å². The molecule has 0 aliphatic rings. The van der Waals surface area contributed by atoms with Gasteiger partial charge in [-0.2, -0.15) is 4.68 Å². The quantitative estimate of drug-likeness (QED) is 0.495. The molecule has 1 aromatic heterocycles. The van der Waals surface area contributed by atoms with Crippen LogP contribution in [0, 0.1) is 5.92 Å². The summed E-state index contributed by atoms with van der Waals surface area (Å²) in [7, 11) is 0. The fourth-order valence-corrected chi connectivity index (χ4v) is 3.85. The Balaban J connectivity index is 1.66. The summed E-state index contributed by atoms with van der Waals surface area (Å²) in [6.45, 7) is 5.73. The number of hydrogen-bond acceptors (Lipinski definition) is 6. The number of carbonyl (C=O) groups is 2. The predicted molar refractivity (Wildman–Crippen MR) is 121 cm³/mol.